The van der Waals surface area contributed by atoms with E-state index in [1.165, 1.54) is 0 Å². The van der Waals surface area contributed by atoms with Gasteiger partial charge in [-0.1, -0.05) is 0 Å². The van der Waals surface area contributed by atoms with Crippen molar-refractivity contribution in [2.75, 3.05) is 6.61 Å². The Morgan fingerprint density at radius 3 is 2.68 bits per heavy atom. The van der Waals surface area contributed by atoms with E-state index in [1.54, 1.807) is 18.2 Å². The Morgan fingerprint density at radius 2 is 2.00 bits per heavy atom. The number of nitrogens with one attached hydrogen (secondary N) is 3. The van der Waals surface area contributed by atoms with Gasteiger partial charge in [0.25, 0.3) is 5.91 Å². The average Bonchev–Trinajstić information content (AvgIpc) is 3.02. The first-order chi connectivity index (χ1) is 10.5. The van der Waals surface area contributed by atoms with Crippen LogP contribution in [0.25, 0.3) is 11.0 Å². The van der Waals surface area contributed by atoms with E-state index in [0.29, 0.717) is 16.6 Å². The molecular formula is C15H17N3O4. The number of amides is 1. The fraction of sp³-hybridized carbons (Fsp3) is 0.400. The van der Waals surface area contributed by atoms with Gasteiger partial charge < -0.3 is 20.0 Å². The zero-order valence-corrected chi connectivity index (χ0v) is 12.1. The summed E-state index contributed by atoms with van der Waals surface area (Å²) in [4.78, 5) is 39.8. The third-order valence-corrected chi connectivity index (χ3v) is 3.87. The number of carbonyl (C=O) groups excluding carboxylic acids is 1. The molecule has 1 amide bonds. The minimum atomic E-state index is -0.738. The normalized spacial score (nSPS) is 19.2. The summed E-state index contributed by atoms with van der Waals surface area (Å²) in [6.45, 7) is 2.64. The van der Waals surface area contributed by atoms with Crippen molar-refractivity contribution in [3.8, 4) is 0 Å². The van der Waals surface area contributed by atoms with E-state index < -0.39 is 11.1 Å². The van der Waals surface area contributed by atoms with Crippen LogP contribution in [0.15, 0.2) is 27.8 Å². The van der Waals surface area contributed by atoms with Gasteiger partial charge in [0.2, 0.25) is 0 Å². The summed E-state index contributed by atoms with van der Waals surface area (Å²) >= 11 is 0. The molecule has 1 fully saturated rings. The van der Waals surface area contributed by atoms with Gasteiger partial charge in [-0.15, -0.1) is 0 Å². The number of hydrogen-bond donors (Lipinski definition) is 3. The molecular weight excluding hydrogens is 286 g/mol. The highest BCUT2D eigenvalue weighted by molar-refractivity contribution is 5.97. The molecule has 0 aliphatic carbocycles. The number of rotatable bonds is 3. The van der Waals surface area contributed by atoms with Gasteiger partial charge in [-0.25, -0.2) is 0 Å². The van der Waals surface area contributed by atoms with Crippen LogP contribution in [0.5, 0.6) is 0 Å². The summed E-state index contributed by atoms with van der Waals surface area (Å²) < 4.78 is 5.55. The molecule has 0 saturated carbocycles. The molecule has 1 aromatic heterocycles. The predicted octanol–water partition coefficient (Wildman–Crippen LogP) is 0.514. The number of benzene rings is 1. The molecule has 22 heavy (non-hydrogen) atoms. The third-order valence-electron chi connectivity index (χ3n) is 3.87. The Bertz CT molecular complexity index is 817. The van der Waals surface area contributed by atoms with E-state index in [9.17, 15) is 14.4 Å². The minimum absolute atomic E-state index is 0.0422. The minimum Gasteiger partial charge on any atom is -0.376 e. The predicted molar refractivity (Wildman–Crippen MR) is 81.1 cm³/mol. The lowest BCUT2D eigenvalue weighted by Crippen LogP contribution is -2.40. The molecule has 1 aliphatic rings. The molecule has 2 heterocycles. The second-order valence-electron chi connectivity index (χ2n) is 5.48. The van der Waals surface area contributed by atoms with Crippen LogP contribution < -0.4 is 16.4 Å². The first kappa shape index (κ1) is 14.5. The summed E-state index contributed by atoms with van der Waals surface area (Å²) in [5, 5.41) is 2.90. The van der Waals surface area contributed by atoms with Gasteiger partial charge in [-0.2, -0.15) is 0 Å². The summed E-state index contributed by atoms with van der Waals surface area (Å²) in [7, 11) is 0. The summed E-state index contributed by atoms with van der Waals surface area (Å²) in [5.41, 5.74) is -0.134. The number of aromatic nitrogens is 2. The van der Waals surface area contributed by atoms with Crippen molar-refractivity contribution in [2.24, 2.45) is 0 Å². The number of carbonyl (C=O) groups is 1. The van der Waals surface area contributed by atoms with E-state index in [1.807, 2.05) is 6.92 Å². The lowest BCUT2D eigenvalue weighted by atomic mass is 10.1. The van der Waals surface area contributed by atoms with Gasteiger partial charge in [-0.05, 0) is 38.0 Å². The van der Waals surface area contributed by atoms with Crippen molar-refractivity contribution >= 4 is 16.9 Å². The van der Waals surface area contributed by atoms with Gasteiger partial charge in [-0.3, -0.25) is 14.4 Å². The fourth-order valence-electron chi connectivity index (χ4n) is 2.64. The molecule has 0 unspecified atom stereocenters. The van der Waals surface area contributed by atoms with Crippen LogP contribution >= 0.6 is 0 Å². The lowest BCUT2D eigenvalue weighted by Gasteiger charge is -2.20. The van der Waals surface area contributed by atoms with Crippen LogP contribution in [0.1, 0.15) is 30.1 Å². The fourth-order valence-corrected chi connectivity index (χ4v) is 2.64. The first-order valence-corrected chi connectivity index (χ1v) is 7.23. The highest BCUT2D eigenvalue weighted by Crippen LogP contribution is 2.16. The van der Waals surface area contributed by atoms with Crippen molar-refractivity contribution in [3.63, 3.8) is 0 Å². The quantitative estimate of drug-likeness (QED) is 0.719. The monoisotopic (exact) mass is 303 g/mol. The van der Waals surface area contributed by atoms with Gasteiger partial charge >= 0.3 is 11.1 Å². The number of H-pyrrole nitrogens is 2. The van der Waals surface area contributed by atoms with E-state index in [4.69, 9.17) is 4.74 Å². The van der Waals surface area contributed by atoms with Crippen LogP contribution in [-0.2, 0) is 4.74 Å². The Kier molecular flexibility index (Phi) is 3.81. The SMILES string of the molecule is C[C@H](NC(=O)c1ccc2[nH]c(=O)c(=O)[nH]c2c1)[C@H]1CCCO1. The van der Waals surface area contributed by atoms with Crippen LogP contribution in [0.4, 0.5) is 0 Å². The molecule has 0 radical (unpaired) electrons. The molecule has 3 rings (SSSR count). The van der Waals surface area contributed by atoms with Crippen molar-refractivity contribution in [1.29, 1.82) is 0 Å². The highest BCUT2D eigenvalue weighted by Gasteiger charge is 2.24. The Morgan fingerprint density at radius 1 is 1.27 bits per heavy atom. The highest BCUT2D eigenvalue weighted by atomic mass is 16.5. The molecule has 7 nitrogen and oxygen atoms in total. The van der Waals surface area contributed by atoms with E-state index in [2.05, 4.69) is 15.3 Å². The molecule has 7 heteroatoms. The maximum absolute atomic E-state index is 12.3. The first-order valence-electron chi connectivity index (χ1n) is 7.23. The number of hydrogen-bond acceptors (Lipinski definition) is 4. The van der Waals surface area contributed by atoms with Crippen LogP contribution in [0.3, 0.4) is 0 Å². The van der Waals surface area contributed by atoms with Crippen molar-refractivity contribution < 1.29 is 9.53 Å². The number of aromatic amines is 2. The molecule has 2 aromatic rings. The summed E-state index contributed by atoms with van der Waals surface area (Å²) in [6, 6.07) is 4.66. The maximum Gasteiger partial charge on any atom is 0.314 e. The molecule has 0 bridgehead atoms. The van der Waals surface area contributed by atoms with Gasteiger partial charge in [0.05, 0.1) is 23.2 Å². The Hall–Kier alpha value is -2.41. The molecule has 1 aromatic carbocycles. The Balaban J connectivity index is 1.83. The Labute approximate surface area is 125 Å². The second-order valence-corrected chi connectivity index (χ2v) is 5.48. The van der Waals surface area contributed by atoms with Crippen LogP contribution in [0, 0.1) is 0 Å². The molecule has 116 valence electrons. The van der Waals surface area contributed by atoms with Crippen LogP contribution in [-0.4, -0.2) is 34.6 Å². The third kappa shape index (κ3) is 2.80. The number of ether oxygens (including phenoxy) is 1. The molecule has 3 N–H and O–H groups in total. The average molecular weight is 303 g/mol. The van der Waals surface area contributed by atoms with E-state index in [0.717, 1.165) is 19.4 Å². The van der Waals surface area contributed by atoms with E-state index in [-0.39, 0.29) is 18.1 Å². The summed E-state index contributed by atoms with van der Waals surface area (Å²) in [5.74, 6) is -0.239. The molecule has 1 saturated heterocycles. The van der Waals surface area contributed by atoms with Crippen LogP contribution in [0.2, 0.25) is 0 Å². The largest absolute Gasteiger partial charge is 0.376 e. The van der Waals surface area contributed by atoms with Crippen molar-refractivity contribution in [3.05, 3.63) is 44.5 Å². The van der Waals surface area contributed by atoms with E-state index >= 15 is 0 Å². The smallest absolute Gasteiger partial charge is 0.314 e. The molecule has 0 spiro atoms. The number of fused-ring (bicyclic) bond motifs is 1. The molecule has 2 atom stereocenters. The lowest BCUT2D eigenvalue weighted by molar-refractivity contribution is 0.0712. The van der Waals surface area contributed by atoms with Gasteiger partial charge in [0.15, 0.2) is 0 Å². The summed E-state index contributed by atoms with van der Waals surface area (Å²) in [6.07, 6.45) is 1.99. The van der Waals surface area contributed by atoms with Crippen molar-refractivity contribution in [2.45, 2.75) is 31.9 Å². The zero-order valence-electron chi connectivity index (χ0n) is 12.1. The maximum atomic E-state index is 12.3. The van der Waals surface area contributed by atoms with Gasteiger partial charge in [0.1, 0.15) is 0 Å². The van der Waals surface area contributed by atoms with Crippen molar-refractivity contribution in [1.82, 2.24) is 15.3 Å². The standard InChI is InChI=1S/C15H17N3O4/c1-8(12-3-2-6-22-12)16-13(19)9-4-5-10-11(7-9)18-15(21)14(20)17-10/h4-5,7-8,12H,2-3,6H2,1H3,(H,16,19)(H,17,20)(H,18,21)/t8-,12+/m0/s1. The zero-order chi connectivity index (χ0) is 15.7. The van der Waals surface area contributed by atoms with Gasteiger partial charge in [0, 0.05) is 12.2 Å². The topological polar surface area (TPSA) is 104 Å². The molecule has 1 aliphatic heterocycles. The second kappa shape index (κ2) is 5.76.